The number of carbonyl (C=O) groups excluding carboxylic acids is 1. The van der Waals surface area contributed by atoms with Crippen LogP contribution in [0.15, 0.2) is 47.7 Å². The van der Waals surface area contributed by atoms with Crippen LogP contribution in [0.3, 0.4) is 0 Å². The molecular weight excluding hydrogens is 356 g/mol. The lowest BCUT2D eigenvalue weighted by atomic mass is 10.1. The topological polar surface area (TPSA) is 97.8 Å². The normalized spacial score (nSPS) is 15.5. The third-order valence-corrected chi connectivity index (χ3v) is 4.71. The van der Waals surface area contributed by atoms with Crippen molar-refractivity contribution in [3.05, 3.63) is 48.3 Å². The Bertz CT molecular complexity index is 781. The number of nitrogens with one attached hydrogen (secondary N) is 1. The Balaban J connectivity index is 1.41. The Hall–Kier alpha value is -3.03. The molecule has 1 aromatic heterocycles. The lowest BCUT2D eigenvalue weighted by Crippen LogP contribution is -2.48. The van der Waals surface area contributed by atoms with Gasteiger partial charge in [0.2, 0.25) is 0 Å². The maximum Gasteiger partial charge on any atom is 0.409 e. The standard InChI is InChI=1S/C20H28N6O2/c1-2-28-20(27)25-12-9-17(10-13-25)24-19(21)22-11-8-16-14-23-26(15-16)18-6-4-3-5-7-18/h3-7,14-15,17H,2,8-13H2,1H3,(H3,21,22,24). The number of para-hydroxylation sites is 1. The van der Waals surface area contributed by atoms with Crippen molar-refractivity contribution in [2.45, 2.75) is 32.2 Å². The second-order valence-corrected chi connectivity index (χ2v) is 6.75. The average Bonchev–Trinajstić information content (AvgIpc) is 3.18. The molecule has 0 saturated carbocycles. The third kappa shape index (κ3) is 5.48. The number of rotatable bonds is 6. The highest BCUT2D eigenvalue weighted by atomic mass is 16.6. The maximum absolute atomic E-state index is 11.7. The minimum absolute atomic E-state index is 0.232. The predicted octanol–water partition coefficient (Wildman–Crippen LogP) is 1.94. The Labute approximate surface area is 165 Å². The number of ether oxygens (including phenoxy) is 1. The molecule has 0 bridgehead atoms. The Morgan fingerprint density at radius 3 is 2.79 bits per heavy atom. The van der Waals surface area contributed by atoms with Crippen molar-refractivity contribution >= 4 is 12.1 Å². The third-order valence-electron chi connectivity index (χ3n) is 4.71. The van der Waals surface area contributed by atoms with Gasteiger partial charge in [-0.3, -0.25) is 4.99 Å². The Morgan fingerprint density at radius 2 is 2.07 bits per heavy atom. The summed E-state index contributed by atoms with van der Waals surface area (Å²) in [5.74, 6) is 0.449. The Kier molecular flexibility index (Phi) is 6.89. The highest BCUT2D eigenvalue weighted by molar-refractivity contribution is 5.78. The fourth-order valence-corrected chi connectivity index (χ4v) is 3.19. The van der Waals surface area contributed by atoms with Gasteiger partial charge in [-0.1, -0.05) is 18.2 Å². The van der Waals surface area contributed by atoms with Gasteiger partial charge in [-0.15, -0.1) is 0 Å². The first kappa shape index (κ1) is 19.7. The number of aliphatic imine (C=N–C) groups is 1. The number of aromatic nitrogens is 2. The molecule has 150 valence electrons. The minimum atomic E-state index is -0.237. The number of nitrogens with two attached hydrogens (primary N) is 1. The number of piperidine rings is 1. The molecule has 1 aliphatic heterocycles. The molecule has 3 rings (SSSR count). The van der Waals surface area contributed by atoms with Crippen molar-refractivity contribution in [3.8, 4) is 5.69 Å². The molecule has 0 unspecified atom stereocenters. The van der Waals surface area contributed by atoms with Crippen LogP contribution < -0.4 is 11.1 Å². The number of nitrogens with zero attached hydrogens (tertiary/aromatic N) is 4. The molecule has 0 radical (unpaired) electrons. The average molecular weight is 384 g/mol. The molecule has 1 aromatic carbocycles. The van der Waals surface area contributed by atoms with Gasteiger partial charge in [0.1, 0.15) is 0 Å². The van der Waals surface area contributed by atoms with Crippen LogP contribution in [0.2, 0.25) is 0 Å². The summed E-state index contributed by atoms with van der Waals surface area (Å²) in [7, 11) is 0. The van der Waals surface area contributed by atoms with E-state index in [0.29, 0.717) is 32.2 Å². The first-order valence-corrected chi connectivity index (χ1v) is 9.73. The van der Waals surface area contributed by atoms with Gasteiger partial charge in [-0.25, -0.2) is 9.48 Å². The van der Waals surface area contributed by atoms with E-state index in [4.69, 9.17) is 10.5 Å². The quantitative estimate of drug-likeness (QED) is 0.586. The van der Waals surface area contributed by atoms with E-state index in [1.807, 2.05) is 54.3 Å². The van der Waals surface area contributed by atoms with Crippen LogP contribution in [0.4, 0.5) is 4.79 Å². The molecule has 8 heteroatoms. The zero-order valence-corrected chi connectivity index (χ0v) is 16.3. The molecule has 1 fully saturated rings. The summed E-state index contributed by atoms with van der Waals surface area (Å²) in [5.41, 5.74) is 8.17. The van der Waals surface area contributed by atoms with Crippen LogP contribution in [-0.4, -0.2) is 59.0 Å². The zero-order chi connectivity index (χ0) is 19.8. The van der Waals surface area contributed by atoms with Gasteiger partial charge in [-0.05, 0) is 43.9 Å². The summed E-state index contributed by atoms with van der Waals surface area (Å²) >= 11 is 0. The van der Waals surface area contributed by atoms with Crippen LogP contribution in [0, 0.1) is 0 Å². The fourth-order valence-electron chi connectivity index (χ4n) is 3.19. The lowest BCUT2D eigenvalue weighted by molar-refractivity contribution is 0.0963. The minimum Gasteiger partial charge on any atom is -0.450 e. The monoisotopic (exact) mass is 384 g/mol. The van der Waals surface area contributed by atoms with Crippen LogP contribution in [-0.2, 0) is 11.2 Å². The molecule has 0 atom stereocenters. The van der Waals surface area contributed by atoms with E-state index in [1.165, 1.54) is 0 Å². The van der Waals surface area contributed by atoms with Crippen molar-refractivity contribution in [1.29, 1.82) is 0 Å². The highest BCUT2D eigenvalue weighted by Crippen LogP contribution is 2.11. The van der Waals surface area contributed by atoms with Crippen molar-refractivity contribution in [3.63, 3.8) is 0 Å². The molecule has 1 saturated heterocycles. The number of carbonyl (C=O) groups is 1. The summed E-state index contributed by atoms with van der Waals surface area (Å²) in [6.07, 6.45) is 6.07. The molecule has 2 heterocycles. The van der Waals surface area contributed by atoms with Crippen molar-refractivity contribution in [1.82, 2.24) is 20.0 Å². The second-order valence-electron chi connectivity index (χ2n) is 6.75. The number of hydrogen-bond acceptors (Lipinski definition) is 4. The molecule has 3 N–H and O–H groups in total. The van der Waals surface area contributed by atoms with Gasteiger partial charge >= 0.3 is 6.09 Å². The van der Waals surface area contributed by atoms with E-state index in [2.05, 4.69) is 15.4 Å². The van der Waals surface area contributed by atoms with Crippen LogP contribution in [0.25, 0.3) is 5.69 Å². The van der Waals surface area contributed by atoms with Crippen molar-refractivity contribution in [2.75, 3.05) is 26.2 Å². The molecule has 0 aliphatic carbocycles. The van der Waals surface area contributed by atoms with E-state index in [1.54, 1.807) is 4.90 Å². The molecule has 28 heavy (non-hydrogen) atoms. The lowest BCUT2D eigenvalue weighted by Gasteiger charge is -2.31. The summed E-state index contributed by atoms with van der Waals surface area (Å²) in [6, 6.07) is 10.2. The second kappa shape index (κ2) is 9.77. The van der Waals surface area contributed by atoms with E-state index < -0.39 is 0 Å². The number of amides is 1. The predicted molar refractivity (Wildman–Crippen MR) is 109 cm³/mol. The summed E-state index contributed by atoms with van der Waals surface area (Å²) in [6.45, 7) is 4.16. The summed E-state index contributed by atoms with van der Waals surface area (Å²) < 4.78 is 6.89. The van der Waals surface area contributed by atoms with E-state index in [9.17, 15) is 4.79 Å². The first-order chi connectivity index (χ1) is 13.7. The SMILES string of the molecule is CCOC(=O)N1CCC(NC(N)=NCCc2cnn(-c3ccccc3)c2)CC1. The van der Waals surface area contributed by atoms with Gasteiger partial charge in [0, 0.05) is 31.9 Å². The maximum atomic E-state index is 11.7. The molecular formula is C20H28N6O2. The van der Waals surface area contributed by atoms with E-state index in [0.717, 1.165) is 30.5 Å². The molecule has 0 spiro atoms. The van der Waals surface area contributed by atoms with E-state index in [-0.39, 0.29) is 12.1 Å². The van der Waals surface area contributed by atoms with Crippen LogP contribution >= 0.6 is 0 Å². The van der Waals surface area contributed by atoms with Crippen LogP contribution in [0.1, 0.15) is 25.3 Å². The van der Waals surface area contributed by atoms with Gasteiger partial charge in [-0.2, -0.15) is 5.10 Å². The van der Waals surface area contributed by atoms with Crippen molar-refractivity contribution in [2.24, 2.45) is 10.7 Å². The van der Waals surface area contributed by atoms with Crippen molar-refractivity contribution < 1.29 is 9.53 Å². The number of benzene rings is 1. The van der Waals surface area contributed by atoms with Gasteiger partial charge in [0.25, 0.3) is 0 Å². The van der Waals surface area contributed by atoms with Gasteiger partial charge in [0.15, 0.2) is 5.96 Å². The molecule has 8 nitrogen and oxygen atoms in total. The number of hydrogen-bond donors (Lipinski definition) is 2. The number of guanidine groups is 1. The first-order valence-electron chi connectivity index (χ1n) is 9.73. The smallest absolute Gasteiger partial charge is 0.409 e. The van der Waals surface area contributed by atoms with Gasteiger partial charge in [0.05, 0.1) is 18.5 Å². The summed E-state index contributed by atoms with van der Waals surface area (Å²) in [5, 5.41) is 7.65. The molecule has 2 aromatic rings. The zero-order valence-electron chi connectivity index (χ0n) is 16.3. The van der Waals surface area contributed by atoms with Crippen LogP contribution in [0.5, 0.6) is 0 Å². The van der Waals surface area contributed by atoms with E-state index >= 15 is 0 Å². The molecule has 1 aliphatic rings. The number of likely N-dealkylation sites (tertiary alicyclic amines) is 1. The molecule has 1 amide bonds. The fraction of sp³-hybridized carbons (Fsp3) is 0.450. The Morgan fingerprint density at radius 1 is 1.32 bits per heavy atom. The highest BCUT2D eigenvalue weighted by Gasteiger charge is 2.23. The largest absolute Gasteiger partial charge is 0.450 e. The summed E-state index contributed by atoms with van der Waals surface area (Å²) in [4.78, 5) is 17.9. The van der Waals surface area contributed by atoms with Gasteiger partial charge < -0.3 is 20.7 Å².